The maximum atomic E-state index is 13.7. The highest BCUT2D eigenvalue weighted by atomic mass is 32.2. The third-order valence-electron chi connectivity index (χ3n) is 6.49. The first-order valence-corrected chi connectivity index (χ1v) is 13.9. The Labute approximate surface area is 228 Å². The van der Waals surface area contributed by atoms with Gasteiger partial charge in [0.25, 0.3) is 11.6 Å². The number of esters is 1. The SMILES string of the molecule is CO[C@@]1(NC(=O)Cc2cccs2)C(=O)N2C(C(=O)OC(c3ccccc3)c3ccccc3)=C(CO)CS[C@H]21. The van der Waals surface area contributed by atoms with Crippen molar-refractivity contribution in [3.05, 3.63) is 105 Å². The molecular weight excluding hydrogens is 524 g/mol. The number of methoxy groups -OCH3 is 1. The fraction of sp³-hybridized carbons (Fsp3) is 0.250. The number of fused-ring (bicyclic) bond motifs is 1. The highest BCUT2D eigenvalue weighted by molar-refractivity contribution is 8.00. The Morgan fingerprint density at radius 1 is 1.08 bits per heavy atom. The van der Waals surface area contributed by atoms with E-state index < -0.39 is 35.7 Å². The summed E-state index contributed by atoms with van der Waals surface area (Å²) in [5.74, 6) is -1.43. The highest BCUT2D eigenvalue weighted by Crippen LogP contribution is 2.47. The normalized spacial score (nSPS) is 20.7. The summed E-state index contributed by atoms with van der Waals surface area (Å²) in [6, 6.07) is 22.3. The molecule has 0 saturated carbocycles. The zero-order valence-electron chi connectivity index (χ0n) is 20.5. The smallest absolute Gasteiger partial charge is 0.356 e. The first-order valence-electron chi connectivity index (χ1n) is 12.0. The number of hydrogen-bond acceptors (Lipinski definition) is 8. The van der Waals surface area contributed by atoms with Gasteiger partial charge in [-0.05, 0) is 28.1 Å². The van der Waals surface area contributed by atoms with Crippen LogP contribution in [0.5, 0.6) is 0 Å². The van der Waals surface area contributed by atoms with Crippen LogP contribution in [0.2, 0.25) is 0 Å². The molecule has 1 saturated heterocycles. The molecule has 0 spiro atoms. The van der Waals surface area contributed by atoms with E-state index in [9.17, 15) is 19.5 Å². The van der Waals surface area contributed by atoms with Crippen molar-refractivity contribution in [2.45, 2.75) is 23.6 Å². The monoisotopic (exact) mass is 550 g/mol. The number of thioether (sulfide) groups is 1. The zero-order chi connectivity index (χ0) is 26.7. The summed E-state index contributed by atoms with van der Waals surface area (Å²) in [7, 11) is 1.35. The van der Waals surface area contributed by atoms with Crippen molar-refractivity contribution >= 4 is 40.9 Å². The number of carbonyl (C=O) groups is 3. The minimum atomic E-state index is -1.62. The molecule has 8 nitrogen and oxygen atoms in total. The molecule has 2 N–H and O–H groups in total. The van der Waals surface area contributed by atoms with Gasteiger partial charge in [-0.25, -0.2) is 4.79 Å². The number of nitrogens with one attached hydrogen (secondary N) is 1. The molecule has 2 atom stereocenters. The molecular formula is C28H26N2O6S2. The summed E-state index contributed by atoms with van der Waals surface area (Å²) in [5, 5.41) is 14.0. The number of benzene rings is 2. The number of amides is 2. The lowest BCUT2D eigenvalue weighted by molar-refractivity contribution is -0.193. The van der Waals surface area contributed by atoms with E-state index in [-0.39, 0.29) is 23.8 Å². The summed E-state index contributed by atoms with van der Waals surface area (Å²) in [6.45, 7) is -0.417. The number of rotatable bonds is 9. The lowest BCUT2D eigenvalue weighted by atomic mass is 9.97. The number of hydrogen-bond donors (Lipinski definition) is 2. The Kier molecular flexibility index (Phi) is 7.66. The molecule has 2 amide bonds. The molecule has 2 aliphatic rings. The van der Waals surface area contributed by atoms with E-state index in [1.54, 1.807) is 0 Å². The predicted octanol–water partition coefficient (Wildman–Crippen LogP) is 3.24. The third-order valence-corrected chi connectivity index (χ3v) is 8.74. The van der Waals surface area contributed by atoms with Crippen LogP contribution in [0.4, 0.5) is 0 Å². The number of thiophene rings is 1. The number of aliphatic hydroxyl groups is 1. The van der Waals surface area contributed by atoms with Crippen molar-refractivity contribution in [3.63, 3.8) is 0 Å². The molecule has 196 valence electrons. The minimum absolute atomic E-state index is 0.0155. The van der Waals surface area contributed by atoms with Gasteiger partial charge < -0.3 is 19.9 Å². The number of aliphatic hydroxyl groups excluding tert-OH is 1. The van der Waals surface area contributed by atoms with Crippen LogP contribution in [0.1, 0.15) is 22.1 Å². The van der Waals surface area contributed by atoms with Gasteiger partial charge in [-0.15, -0.1) is 23.1 Å². The number of β-lactam (4-membered cyclic amide) rings is 1. The van der Waals surface area contributed by atoms with Crippen molar-refractivity contribution in [3.8, 4) is 0 Å². The molecule has 3 heterocycles. The summed E-state index contributed by atoms with van der Waals surface area (Å²) in [4.78, 5) is 42.1. The van der Waals surface area contributed by atoms with Crippen LogP contribution in [0.3, 0.4) is 0 Å². The maximum absolute atomic E-state index is 13.7. The summed E-state index contributed by atoms with van der Waals surface area (Å²) in [6.07, 6.45) is -0.616. The van der Waals surface area contributed by atoms with Crippen molar-refractivity contribution in [1.29, 1.82) is 0 Å². The predicted molar refractivity (Wildman–Crippen MR) is 144 cm³/mol. The minimum Gasteiger partial charge on any atom is -0.448 e. The Hall–Kier alpha value is -3.44. The second-order valence-electron chi connectivity index (χ2n) is 8.80. The van der Waals surface area contributed by atoms with Crippen molar-refractivity contribution < 1.29 is 29.0 Å². The second kappa shape index (κ2) is 11.1. The van der Waals surface area contributed by atoms with E-state index in [1.165, 1.54) is 35.1 Å². The van der Waals surface area contributed by atoms with Crippen LogP contribution in [-0.4, -0.2) is 58.4 Å². The van der Waals surface area contributed by atoms with Crippen LogP contribution in [0.15, 0.2) is 89.4 Å². The van der Waals surface area contributed by atoms with Crippen LogP contribution in [0.25, 0.3) is 0 Å². The van der Waals surface area contributed by atoms with Gasteiger partial charge in [0.2, 0.25) is 5.91 Å². The molecule has 0 aliphatic carbocycles. The molecule has 0 radical (unpaired) electrons. The highest BCUT2D eigenvalue weighted by Gasteiger charge is 2.66. The zero-order valence-corrected chi connectivity index (χ0v) is 22.2. The van der Waals surface area contributed by atoms with E-state index in [1.807, 2.05) is 78.2 Å². The van der Waals surface area contributed by atoms with Gasteiger partial charge in [-0.2, -0.15) is 0 Å². The van der Waals surface area contributed by atoms with Gasteiger partial charge in [0.1, 0.15) is 11.1 Å². The van der Waals surface area contributed by atoms with Crippen molar-refractivity contribution in [2.24, 2.45) is 0 Å². The van der Waals surface area contributed by atoms with Gasteiger partial charge in [0.15, 0.2) is 6.10 Å². The molecule has 2 aromatic carbocycles. The molecule has 10 heteroatoms. The molecule has 1 aromatic heterocycles. The van der Waals surface area contributed by atoms with Gasteiger partial charge in [-0.1, -0.05) is 66.7 Å². The second-order valence-corrected chi connectivity index (χ2v) is 10.9. The van der Waals surface area contributed by atoms with Crippen LogP contribution < -0.4 is 5.32 Å². The molecule has 38 heavy (non-hydrogen) atoms. The van der Waals surface area contributed by atoms with E-state index in [0.717, 1.165) is 16.0 Å². The number of carbonyl (C=O) groups excluding carboxylic acids is 3. The lowest BCUT2D eigenvalue weighted by Gasteiger charge is -2.56. The quantitative estimate of drug-likeness (QED) is 0.239. The Balaban J connectivity index is 1.41. The lowest BCUT2D eigenvalue weighted by Crippen LogP contribution is -2.80. The molecule has 1 fully saturated rings. The summed E-state index contributed by atoms with van der Waals surface area (Å²) >= 11 is 2.75. The van der Waals surface area contributed by atoms with Gasteiger partial charge >= 0.3 is 5.97 Å². The van der Waals surface area contributed by atoms with Crippen LogP contribution >= 0.6 is 23.1 Å². The van der Waals surface area contributed by atoms with Crippen LogP contribution in [-0.2, 0) is 30.3 Å². The number of nitrogens with zero attached hydrogens (tertiary/aromatic N) is 1. The molecule has 0 unspecified atom stereocenters. The Bertz CT molecular complexity index is 1310. The van der Waals surface area contributed by atoms with Gasteiger partial charge in [0.05, 0.1) is 13.0 Å². The van der Waals surface area contributed by atoms with Gasteiger partial charge in [-0.3, -0.25) is 14.5 Å². The largest absolute Gasteiger partial charge is 0.448 e. The van der Waals surface area contributed by atoms with Crippen molar-refractivity contribution in [2.75, 3.05) is 19.5 Å². The molecule has 2 aliphatic heterocycles. The van der Waals surface area contributed by atoms with E-state index in [4.69, 9.17) is 9.47 Å². The summed E-state index contributed by atoms with van der Waals surface area (Å²) < 4.78 is 11.6. The topological polar surface area (TPSA) is 105 Å². The first-order chi connectivity index (χ1) is 18.5. The summed E-state index contributed by atoms with van der Waals surface area (Å²) in [5.41, 5.74) is 0.269. The van der Waals surface area contributed by atoms with Crippen molar-refractivity contribution in [1.82, 2.24) is 10.2 Å². The molecule has 3 aromatic rings. The van der Waals surface area contributed by atoms with Gasteiger partial charge in [0, 0.05) is 17.7 Å². The maximum Gasteiger partial charge on any atom is 0.356 e. The van der Waals surface area contributed by atoms with Crippen LogP contribution in [0, 0.1) is 0 Å². The Morgan fingerprint density at radius 2 is 1.74 bits per heavy atom. The average Bonchev–Trinajstić information content (AvgIpc) is 3.47. The first kappa shape index (κ1) is 26.2. The van der Waals surface area contributed by atoms with E-state index in [2.05, 4.69) is 5.32 Å². The average molecular weight is 551 g/mol. The van der Waals surface area contributed by atoms with E-state index in [0.29, 0.717) is 5.57 Å². The fourth-order valence-corrected chi connectivity index (χ4v) is 6.75. The molecule has 5 rings (SSSR count). The third kappa shape index (κ3) is 4.76. The van der Waals surface area contributed by atoms with E-state index >= 15 is 0 Å². The fourth-order valence-electron chi connectivity index (χ4n) is 4.62. The Morgan fingerprint density at radius 3 is 2.29 bits per heavy atom. The molecule has 0 bridgehead atoms. The number of ether oxygens (including phenoxy) is 2. The standard InChI is InChI=1S/C28H26N2O6S2/c1-35-28(29-22(32)15-21-13-8-14-37-21)26(34)30-23(20(16-31)17-38-27(28)30)25(33)36-24(18-9-4-2-5-10-18)19-11-6-3-7-12-19/h2-14,24,27,31H,15-17H2,1H3,(H,29,32)/t27-,28-/m0/s1.